The molecule has 0 unspecified atom stereocenters. The summed E-state index contributed by atoms with van der Waals surface area (Å²) in [6.45, 7) is 2.85. The van der Waals surface area contributed by atoms with Crippen LogP contribution in [-0.4, -0.2) is 23.1 Å². The van der Waals surface area contributed by atoms with Crippen molar-refractivity contribution in [3.63, 3.8) is 0 Å². The first-order chi connectivity index (χ1) is 13.4. The molecule has 1 amide bonds. The predicted molar refractivity (Wildman–Crippen MR) is 103 cm³/mol. The maximum Gasteiger partial charge on any atom is 0.343 e. The van der Waals surface area contributed by atoms with E-state index in [1.54, 1.807) is 61.1 Å². The Kier molecular flexibility index (Phi) is 5.52. The van der Waals surface area contributed by atoms with E-state index in [4.69, 9.17) is 20.8 Å². The van der Waals surface area contributed by atoms with Crippen molar-refractivity contribution >= 4 is 29.2 Å². The molecule has 2 aromatic heterocycles. The lowest BCUT2D eigenvalue weighted by Crippen LogP contribution is -2.21. The number of esters is 1. The summed E-state index contributed by atoms with van der Waals surface area (Å²) < 4.78 is 12.2. The highest BCUT2D eigenvalue weighted by molar-refractivity contribution is 6.30. The van der Waals surface area contributed by atoms with Gasteiger partial charge in [-0.15, -0.1) is 0 Å². The van der Waals surface area contributed by atoms with Gasteiger partial charge in [0.2, 0.25) is 5.88 Å². The molecule has 0 saturated heterocycles. The van der Waals surface area contributed by atoms with Crippen LogP contribution in [0.2, 0.25) is 5.02 Å². The molecule has 0 aliphatic carbocycles. The van der Waals surface area contributed by atoms with Crippen LogP contribution in [0.15, 0.2) is 47.1 Å². The van der Waals surface area contributed by atoms with Crippen LogP contribution in [0.25, 0.3) is 5.88 Å². The molecule has 7 nitrogen and oxygen atoms in total. The van der Waals surface area contributed by atoms with Crippen molar-refractivity contribution in [2.75, 3.05) is 11.9 Å². The molecule has 0 aliphatic heterocycles. The molecule has 3 rings (SSSR count). The normalized spacial score (nSPS) is 10.4. The number of furan rings is 1. The third kappa shape index (κ3) is 3.92. The van der Waals surface area contributed by atoms with Crippen LogP contribution in [0.5, 0.6) is 0 Å². The summed E-state index contributed by atoms with van der Waals surface area (Å²) >= 11 is 5.89. The monoisotopic (exact) mass is 397 g/mol. The number of ether oxygens (including phenoxy) is 1. The van der Waals surface area contributed by atoms with Gasteiger partial charge in [0.25, 0.3) is 5.91 Å². The molecule has 142 valence electrons. The van der Waals surface area contributed by atoms with Crippen LogP contribution in [0.1, 0.15) is 27.2 Å². The summed E-state index contributed by atoms with van der Waals surface area (Å²) in [4.78, 5) is 24.6. The first-order valence-corrected chi connectivity index (χ1v) is 8.68. The topological polar surface area (TPSA) is 97.3 Å². The molecule has 1 N–H and O–H groups in total. The molecule has 0 radical (unpaired) electrons. The van der Waals surface area contributed by atoms with Gasteiger partial charge in [-0.2, -0.15) is 5.26 Å². The van der Waals surface area contributed by atoms with E-state index in [0.717, 1.165) is 5.56 Å². The molecule has 28 heavy (non-hydrogen) atoms. The third-order valence-corrected chi connectivity index (χ3v) is 4.25. The Morgan fingerprint density at radius 2 is 2.00 bits per heavy atom. The summed E-state index contributed by atoms with van der Waals surface area (Å²) in [6.07, 6.45) is 3.38. The van der Waals surface area contributed by atoms with Gasteiger partial charge in [-0.1, -0.05) is 11.6 Å². The summed E-state index contributed by atoms with van der Waals surface area (Å²) in [5.74, 6) is -0.861. The minimum Gasteiger partial charge on any atom is -0.452 e. The Balaban J connectivity index is 1.71. The van der Waals surface area contributed by atoms with Gasteiger partial charge in [0.05, 0.1) is 0 Å². The van der Waals surface area contributed by atoms with Crippen molar-refractivity contribution in [3.8, 4) is 12.0 Å². The van der Waals surface area contributed by atoms with E-state index >= 15 is 0 Å². The van der Waals surface area contributed by atoms with Gasteiger partial charge >= 0.3 is 5.97 Å². The fourth-order valence-electron chi connectivity index (χ4n) is 2.69. The molecule has 0 spiro atoms. The van der Waals surface area contributed by atoms with Crippen molar-refractivity contribution in [2.24, 2.45) is 0 Å². The van der Waals surface area contributed by atoms with Gasteiger partial charge in [0.1, 0.15) is 23.0 Å². The van der Waals surface area contributed by atoms with Gasteiger partial charge in [-0.25, -0.2) is 4.79 Å². The fourth-order valence-corrected chi connectivity index (χ4v) is 2.91. The van der Waals surface area contributed by atoms with Gasteiger partial charge in [0, 0.05) is 23.1 Å². The summed E-state index contributed by atoms with van der Waals surface area (Å²) in [6, 6.07) is 10.5. The van der Waals surface area contributed by atoms with Crippen LogP contribution in [0.4, 0.5) is 5.69 Å². The van der Waals surface area contributed by atoms with Gasteiger partial charge in [-0.05, 0) is 49.7 Å². The number of carbonyl (C=O) groups is 2. The number of nitriles is 1. The fraction of sp³-hybridized carbons (Fsp3) is 0.150. The molecule has 2 heterocycles. The zero-order chi connectivity index (χ0) is 20.3. The molecule has 3 aromatic rings. The number of nitrogens with zero attached hydrogens (tertiary/aromatic N) is 2. The quantitative estimate of drug-likeness (QED) is 0.656. The third-order valence-electron chi connectivity index (χ3n) is 4.02. The minimum absolute atomic E-state index is 0.00155. The van der Waals surface area contributed by atoms with Crippen LogP contribution in [0, 0.1) is 25.2 Å². The number of halogens is 1. The predicted octanol–water partition coefficient (Wildman–Crippen LogP) is 4.01. The lowest BCUT2D eigenvalue weighted by atomic mass is 10.1. The highest BCUT2D eigenvalue weighted by Gasteiger charge is 2.26. The first kappa shape index (κ1) is 19.3. The summed E-state index contributed by atoms with van der Waals surface area (Å²) in [5.41, 5.74) is 1.40. The van der Waals surface area contributed by atoms with Crippen LogP contribution < -0.4 is 5.32 Å². The summed E-state index contributed by atoms with van der Waals surface area (Å²) in [5, 5.41) is 12.7. The largest absolute Gasteiger partial charge is 0.452 e. The molecule has 0 aliphatic rings. The van der Waals surface area contributed by atoms with Crippen molar-refractivity contribution in [1.29, 1.82) is 5.26 Å². The molecule has 0 saturated carbocycles. The van der Waals surface area contributed by atoms with E-state index in [0.29, 0.717) is 10.7 Å². The van der Waals surface area contributed by atoms with E-state index in [1.165, 1.54) is 0 Å². The molecule has 0 fully saturated rings. The standard InChI is InChI=1S/C20H16ClN3O4/c1-12-9-14(21)5-6-16(12)23-17(25)11-27-20(26)18-13(2)28-19(15(18)10-22)24-7-3-4-8-24/h3-9H,11H2,1-2H3,(H,23,25). The number of aryl methyl sites for hydroxylation is 2. The van der Waals surface area contributed by atoms with Crippen molar-refractivity contribution in [1.82, 2.24) is 4.57 Å². The second-order valence-corrected chi connectivity index (χ2v) is 6.44. The minimum atomic E-state index is -0.806. The summed E-state index contributed by atoms with van der Waals surface area (Å²) in [7, 11) is 0. The van der Waals surface area contributed by atoms with Crippen LogP contribution in [0.3, 0.4) is 0 Å². The number of carbonyl (C=O) groups excluding carboxylic acids is 2. The maximum absolute atomic E-state index is 12.5. The second kappa shape index (κ2) is 8.03. The molecule has 1 aromatic carbocycles. The van der Waals surface area contributed by atoms with Crippen molar-refractivity contribution in [3.05, 3.63) is 70.2 Å². The average molecular weight is 398 g/mol. The van der Waals surface area contributed by atoms with Gasteiger partial charge in [-0.3, -0.25) is 9.36 Å². The van der Waals surface area contributed by atoms with Crippen molar-refractivity contribution < 1.29 is 18.7 Å². The number of aromatic nitrogens is 1. The number of benzene rings is 1. The molecular weight excluding hydrogens is 382 g/mol. The van der Waals surface area contributed by atoms with E-state index < -0.39 is 18.5 Å². The Labute approximate surface area is 166 Å². The first-order valence-electron chi connectivity index (χ1n) is 8.30. The molecule has 0 atom stereocenters. The SMILES string of the molecule is Cc1cc(Cl)ccc1NC(=O)COC(=O)c1c(C)oc(-n2cccc2)c1C#N. The number of hydrogen-bond donors (Lipinski definition) is 1. The Hall–Kier alpha value is -3.50. The Morgan fingerprint density at radius 3 is 2.64 bits per heavy atom. The van der Waals surface area contributed by atoms with E-state index in [9.17, 15) is 14.9 Å². The number of nitrogens with one attached hydrogen (secondary N) is 1. The Bertz CT molecular complexity index is 1080. The lowest BCUT2D eigenvalue weighted by Gasteiger charge is -2.09. The Morgan fingerprint density at radius 1 is 1.29 bits per heavy atom. The maximum atomic E-state index is 12.5. The number of rotatable bonds is 5. The highest BCUT2D eigenvalue weighted by Crippen LogP contribution is 2.26. The van der Waals surface area contributed by atoms with E-state index in [2.05, 4.69) is 5.32 Å². The van der Waals surface area contributed by atoms with E-state index in [1.807, 2.05) is 6.07 Å². The smallest absolute Gasteiger partial charge is 0.343 e. The highest BCUT2D eigenvalue weighted by atomic mass is 35.5. The molecular formula is C20H16ClN3O4. The van der Waals surface area contributed by atoms with Crippen LogP contribution >= 0.6 is 11.6 Å². The molecule has 0 bridgehead atoms. The zero-order valence-corrected chi connectivity index (χ0v) is 15.9. The number of hydrogen-bond acceptors (Lipinski definition) is 5. The van der Waals surface area contributed by atoms with Gasteiger partial charge < -0.3 is 14.5 Å². The molecule has 8 heteroatoms. The van der Waals surface area contributed by atoms with E-state index in [-0.39, 0.29) is 22.8 Å². The average Bonchev–Trinajstić information content (AvgIpc) is 3.29. The van der Waals surface area contributed by atoms with Crippen molar-refractivity contribution in [2.45, 2.75) is 13.8 Å². The second-order valence-electron chi connectivity index (χ2n) is 6.00. The lowest BCUT2D eigenvalue weighted by molar-refractivity contribution is -0.119. The number of anilines is 1. The number of amides is 1. The van der Waals surface area contributed by atoms with Crippen LogP contribution in [-0.2, 0) is 9.53 Å². The van der Waals surface area contributed by atoms with Gasteiger partial charge in [0.15, 0.2) is 6.61 Å². The zero-order valence-electron chi connectivity index (χ0n) is 15.2.